The second-order valence-electron chi connectivity index (χ2n) is 5.38. The van der Waals surface area contributed by atoms with Gasteiger partial charge in [0.2, 0.25) is 0 Å². The number of aromatic nitrogens is 2. The minimum absolute atomic E-state index is 0.183. The van der Waals surface area contributed by atoms with Crippen molar-refractivity contribution in [2.45, 2.75) is 5.03 Å². The molecule has 1 aliphatic rings. The highest BCUT2D eigenvalue weighted by atomic mass is 32.2. The number of carbonyl (C=O) groups is 1. The molecule has 0 spiro atoms. The normalized spacial score (nSPS) is 15.2. The molecule has 1 saturated heterocycles. The lowest BCUT2D eigenvalue weighted by Gasteiger charge is -2.26. The van der Waals surface area contributed by atoms with Crippen molar-refractivity contribution < 1.29 is 9.53 Å². The number of nitrogens with zero attached hydrogens (tertiary/aromatic N) is 3. The first-order valence-corrected chi connectivity index (χ1v) is 8.93. The van der Waals surface area contributed by atoms with E-state index in [9.17, 15) is 4.79 Å². The van der Waals surface area contributed by atoms with E-state index in [2.05, 4.69) is 20.4 Å². The van der Waals surface area contributed by atoms with E-state index in [1.165, 1.54) is 0 Å². The van der Waals surface area contributed by atoms with E-state index in [1.807, 2.05) is 24.3 Å². The maximum Gasteiger partial charge on any atom is 0.256 e. The quantitative estimate of drug-likeness (QED) is 0.810. The summed E-state index contributed by atoms with van der Waals surface area (Å²) in [5, 5.41) is 11.8. The second kappa shape index (κ2) is 8.77. The number of thioether (sulfide) groups is 1. The Labute approximate surface area is 145 Å². The number of hydrogen-bond donors (Lipinski definition) is 1. The van der Waals surface area contributed by atoms with Crippen molar-refractivity contribution in [3.8, 4) is 0 Å². The number of ether oxygens (including phenoxy) is 1. The molecule has 1 amide bonds. The van der Waals surface area contributed by atoms with E-state index in [0.29, 0.717) is 11.4 Å². The lowest BCUT2D eigenvalue weighted by Crippen LogP contribution is -2.37. The Bertz CT molecular complexity index is 645. The van der Waals surface area contributed by atoms with Gasteiger partial charge in [0, 0.05) is 31.0 Å². The third-order valence-electron chi connectivity index (χ3n) is 3.68. The van der Waals surface area contributed by atoms with Gasteiger partial charge in [-0.15, -0.1) is 22.0 Å². The zero-order valence-electron chi connectivity index (χ0n) is 13.4. The van der Waals surface area contributed by atoms with Gasteiger partial charge in [-0.05, 0) is 24.3 Å². The summed E-state index contributed by atoms with van der Waals surface area (Å²) in [5.41, 5.74) is 0.600. The molecular weight excluding hydrogens is 324 g/mol. The van der Waals surface area contributed by atoms with Gasteiger partial charge >= 0.3 is 0 Å². The number of rotatable bonds is 6. The molecule has 6 nitrogen and oxygen atoms in total. The van der Waals surface area contributed by atoms with Gasteiger partial charge in [-0.3, -0.25) is 9.69 Å². The van der Waals surface area contributed by atoms with Crippen molar-refractivity contribution >= 4 is 23.5 Å². The van der Waals surface area contributed by atoms with Crippen LogP contribution in [0.15, 0.2) is 47.5 Å². The maximum absolute atomic E-state index is 12.0. The minimum atomic E-state index is -0.183. The first-order valence-electron chi connectivity index (χ1n) is 7.94. The highest BCUT2D eigenvalue weighted by Crippen LogP contribution is 2.16. The van der Waals surface area contributed by atoms with Gasteiger partial charge in [0.15, 0.2) is 5.82 Å². The van der Waals surface area contributed by atoms with Gasteiger partial charge in [0.05, 0.1) is 13.2 Å². The fourth-order valence-electron chi connectivity index (χ4n) is 2.35. The molecular formula is C17H20N4O2S. The number of benzene rings is 1. The van der Waals surface area contributed by atoms with Crippen molar-refractivity contribution in [3.05, 3.63) is 48.0 Å². The van der Waals surface area contributed by atoms with E-state index in [0.717, 1.165) is 43.6 Å². The average Bonchev–Trinajstić information content (AvgIpc) is 2.65. The molecule has 1 N–H and O–H groups in total. The summed E-state index contributed by atoms with van der Waals surface area (Å²) < 4.78 is 5.34. The monoisotopic (exact) mass is 344 g/mol. The fraction of sp³-hybridized carbons (Fsp3) is 0.353. The highest BCUT2D eigenvalue weighted by molar-refractivity contribution is 7.99. The Morgan fingerprint density at radius 1 is 1.12 bits per heavy atom. The van der Waals surface area contributed by atoms with Crippen molar-refractivity contribution in [1.29, 1.82) is 0 Å². The number of nitrogens with one attached hydrogen (secondary N) is 1. The van der Waals surface area contributed by atoms with Crippen LogP contribution in [0, 0.1) is 0 Å². The Morgan fingerprint density at radius 3 is 2.62 bits per heavy atom. The Morgan fingerprint density at radius 2 is 1.92 bits per heavy atom. The highest BCUT2D eigenvalue weighted by Gasteiger charge is 2.10. The van der Waals surface area contributed by atoms with Crippen molar-refractivity contribution in [1.82, 2.24) is 15.1 Å². The summed E-state index contributed by atoms with van der Waals surface area (Å²) in [7, 11) is 0. The number of amides is 1. The average molecular weight is 344 g/mol. The van der Waals surface area contributed by atoms with Crippen LogP contribution in [0.5, 0.6) is 0 Å². The van der Waals surface area contributed by atoms with Gasteiger partial charge in [-0.2, -0.15) is 0 Å². The van der Waals surface area contributed by atoms with Gasteiger partial charge in [0.25, 0.3) is 5.91 Å². The molecule has 2 heterocycles. The van der Waals surface area contributed by atoms with Gasteiger partial charge in [0.1, 0.15) is 5.03 Å². The number of hydrogen-bond acceptors (Lipinski definition) is 6. The van der Waals surface area contributed by atoms with Crippen LogP contribution < -0.4 is 5.32 Å². The van der Waals surface area contributed by atoms with Crippen LogP contribution in [0.1, 0.15) is 10.4 Å². The van der Waals surface area contributed by atoms with Crippen LogP contribution in [0.3, 0.4) is 0 Å². The summed E-state index contributed by atoms with van der Waals surface area (Å²) in [6, 6.07) is 12.7. The standard InChI is InChI=1S/C17H20N4O2S/c22-17(14-4-2-1-3-5-14)18-15-6-7-16(20-19-15)24-13-10-21-8-11-23-12-9-21/h1-7H,8-13H2,(H,18,19,22). The van der Waals surface area contributed by atoms with Crippen LogP contribution in [0.4, 0.5) is 5.82 Å². The molecule has 7 heteroatoms. The molecule has 0 atom stereocenters. The lowest BCUT2D eigenvalue weighted by molar-refractivity contribution is 0.0410. The molecule has 1 aromatic heterocycles. The summed E-state index contributed by atoms with van der Waals surface area (Å²) in [4.78, 5) is 14.4. The molecule has 2 aromatic rings. The molecule has 1 aliphatic heterocycles. The molecule has 1 aromatic carbocycles. The van der Waals surface area contributed by atoms with Crippen LogP contribution in [0.25, 0.3) is 0 Å². The zero-order chi connectivity index (χ0) is 16.6. The number of carbonyl (C=O) groups excluding carboxylic acids is 1. The van der Waals surface area contributed by atoms with E-state index >= 15 is 0 Å². The van der Waals surface area contributed by atoms with Crippen LogP contribution in [-0.4, -0.2) is 59.6 Å². The maximum atomic E-state index is 12.0. The van der Waals surface area contributed by atoms with E-state index < -0.39 is 0 Å². The van der Waals surface area contributed by atoms with Crippen LogP contribution >= 0.6 is 11.8 Å². The predicted molar refractivity (Wildman–Crippen MR) is 94.4 cm³/mol. The molecule has 0 radical (unpaired) electrons. The molecule has 126 valence electrons. The van der Waals surface area contributed by atoms with Crippen molar-refractivity contribution in [2.24, 2.45) is 0 Å². The van der Waals surface area contributed by atoms with Gasteiger partial charge < -0.3 is 10.1 Å². The smallest absolute Gasteiger partial charge is 0.256 e. The fourth-order valence-corrected chi connectivity index (χ4v) is 3.17. The van der Waals surface area contributed by atoms with E-state index in [-0.39, 0.29) is 5.91 Å². The summed E-state index contributed by atoms with van der Waals surface area (Å²) in [6.45, 7) is 4.65. The molecule has 0 aliphatic carbocycles. The Balaban J connectivity index is 1.45. The zero-order valence-corrected chi connectivity index (χ0v) is 14.2. The second-order valence-corrected chi connectivity index (χ2v) is 6.49. The van der Waals surface area contributed by atoms with E-state index in [4.69, 9.17) is 4.74 Å². The third kappa shape index (κ3) is 5.02. The summed E-state index contributed by atoms with van der Waals surface area (Å²) >= 11 is 1.67. The minimum Gasteiger partial charge on any atom is -0.379 e. The van der Waals surface area contributed by atoms with Crippen molar-refractivity contribution in [2.75, 3.05) is 43.9 Å². The summed E-state index contributed by atoms with van der Waals surface area (Å²) in [6.07, 6.45) is 0. The first kappa shape index (κ1) is 16.9. The summed E-state index contributed by atoms with van der Waals surface area (Å²) in [5.74, 6) is 1.24. The van der Waals surface area contributed by atoms with Crippen LogP contribution in [-0.2, 0) is 4.74 Å². The molecule has 3 rings (SSSR count). The molecule has 0 bridgehead atoms. The number of anilines is 1. The van der Waals surface area contributed by atoms with Gasteiger partial charge in [-0.1, -0.05) is 18.2 Å². The molecule has 0 unspecified atom stereocenters. The Kier molecular flexibility index (Phi) is 6.17. The van der Waals surface area contributed by atoms with Crippen LogP contribution in [0.2, 0.25) is 0 Å². The van der Waals surface area contributed by atoms with E-state index in [1.54, 1.807) is 30.0 Å². The first-order chi connectivity index (χ1) is 11.8. The molecule has 1 fully saturated rings. The SMILES string of the molecule is O=C(Nc1ccc(SCCN2CCOCC2)nn1)c1ccccc1. The largest absolute Gasteiger partial charge is 0.379 e. The molecule has 0 saturated carbocycles. The number of morpholine rings is 1. The Hall–Kier alpha value is -1.96. The van der Waals surface area contributed by atoms with Gasteiger partial charge in [-0.25, -0.2) is 0 Å². The molecule has 24 heavy (non-hydrogen) atoms. The van der Waals surface area contributed by atoms with Crippen molar-refractivity contribution in [3.63, 3.8) is 0 Å². The lowest BCUT2D eigenvalue weighted by atomic mass is 10.2. The third-order valence-corrected chi connectivity index (χ3v) is 4.58. The topological polar surface area (TPSA) is 67.4 Å². The predicted octanol–water partition coefficient (Wildman–Crippen LogP) is 2.15.